The minimum absolute atomic E-state index is 0.0207. The van der Waals surface area contributed by atoms with E-state index in [1.54, 1.807) is 0 Å². The summed E-state index contributed by atoms with van der Waals surface area (Å²) in [5.74, 6) is 0.196. The van der Waals surface area contributed by atoms with Crippen LogP contribution in [0, 0.1) is 20.8 Å². The van der Waals surface area contributed by atoms with Gasteiger partial charge in [0.15, 0.2) is 0 Å². The van der Waals surface area contributed by atoms with E-state index in [1.807, 2.05) is 32.9 Å². The van der Waals surface area contributed by atoms with Gasteiger partial charge in [0.1, 0.15) is 0 Å². The Balaban J connectivity index is 1.51. The van der Waals surface area contributed by atoms with E-state index in [-0.39, 0.29) is 18.4 Å². The summed E-state index contributed by atoms with van der Waals surface area (Å²) in [4.78, 5) is 27.1. The number of hydrogen-bond acceptors (Lipinski definition) is 3. The minimum Gasteiger partial charge on any atom is -0.346 e. The lowest BCUT2D eigenvalue weighted by molar-refractivity contribution is -0.125. The fraction of sp³-hybridized carbons (Fsp3) is 0.462. The molecule has 1 aliphatic carbocycles. The van der Waals surface area contributed by atoms with Gasteiger partial charge in [-0.15, -0.1) is 0 Å². The Labute approximate surface area is 186 Å². The van der Waals surface area contributed by atoms with Crippen molar-refractivity contribution in [3.05, 3.63) is 64.2 Å². The van der Waals surface area contributed by atoms with Crippen molar-refractivity contribution in [3.8, 4) is 0 Å². The second-order valence-electron chi connectivity index (χ2n) is 9.13. The second kappa shape index (κ2) is 10.1. The number of hydrogen-bond donors (Lipinski definition) is 2. The van der Waals surface area contributed by atoms with Crippen molar-refractivity contribution in [1.82, 2.24) is 10.2 Å². The van der Waals surface area contributed by atoms with E-state index in [2.05, 4.69) is 53.6 Å². The number of amides is 2. The third kappa shape index (κ3) is 6.66. The van der Waals surface area contributed by atoms with Crippen LogP contribution >= 0.6 is 0 Å². The van der Waals surface area contributed by atoms with Gasteiger partial charge in [-0.05, 0) is 61.8 Å². The van der Waals surface area contributed by atoms with Gasteiger partial charge in [0.05, 0.1) is 13.1 Å². The molecule has 1 saturated carbocycles. The number of aryl methyl sites for hydroxylation is 3. The van der Waals surface area contributed by atoms with Gasteiger partial charge in [-0.2, -0.15) is 0 Å². The van der Waals surface area contributed by atoms with Crippen LogP contribution in [0.25, 0.3) is 0 Å². The Morgan fingerprint density at radius 3 is 2.16 bits per heavy atom. The van der Waals surface area contributed by atoms with Crippen LogP contribution in [0.2, 0.25) is 0 Å². The highest BCUT2D eigenvalue weighted by Gasteiger charge is 2.30. The van der Waals surface area contributed by atoms with Crippen LogP contribution in [-0.4, -0.2) is 35.8 Å². The summed E-state index contributed by atoms with van der Waals surface area (Å²) < 4.78 is 0. The molecule has 0 bridgehead atoms. The molecule has 2 amide bonds. The predicted octanol–water partition coefficient (Wildman–Crippen LogP) is 4.45. The number of nitrogens with zero attached hydrogens (tertiary/aromatic N) is 1. The molecule has 2 aromatic carbocycles. The van der Waals surface area contributed by atoms with Gasteiger partial charge >= 0.3 is 0 Å². The smallest absolute Gasteiger partial charge is 0.243 e. The normalized spacial score (nSPS) is 13.5. The number of rotatable bonds is 9. The summed E-state index contributed by atoms with van der Waals surface area (Å²) in [5.41, 5.74) is 6.59. The highest BCUT2D eigenvalue weighted by Crippen LogP contribution is 2.28. The fourth-order valence-corrected chi connectivity index (χ4v) is 3.98. The van der Waals surface area contributed by atoms with Crippen molar-refractivity contribution >= 4 is 17.5 Å². The zero-order valence-electron chi connectivity index (χ0n) is 19.4. The number of benzene rings is 2. The van der Waals surface area contributed by atoms with Crippen molar-refractivity contribution in [3.63, 3.8) is 0 Å². The summed E-state index contributed by atoms with van der Waals surface area (Å²) in [5, 5.41) is 5.72. The standard InChI is InChI=1S/C26H35N3O2/c1-17(2)22-8-6-21(7-9-22)15-29(23-10-11-23)16-25(31)27-14-24(30)28-26-19(4)12-18(3)13-20(26)5/h6-9,12-13,17,23H,10-11,14-16H2,1-5H3,(H,27,31)(H,28,30). The molecule has 0 atom stereocenters. The average Bonchev–Trinajstić information content (AvgIpc) is 3.54. The van der Waals surface area contributed by atoms with Gasteiger partial charge < -0.3 is 10.6 Å². The Bertz CT molecular complexity index is 907. The summed E-state index contributed by atoms with van der Waals surface area (Å²) in [6.45, 7) is 11.4. The van der Waals surface area contributed by atoms with Gasteiger partial charge in [0.2, 0.25) is 11.8 Å². The number of nitrogens with one attached hydrogen (secondary N) is 2. The van der Waals surface area contributed by atoms with E-state index in [0.717, 1.165) is 36.2 Å². The van der Waals surface area contributed by atoms with Crippen LogP contribution in [0.1, 0.15) is 60.4 Å². The highest BCUT2D eigenvalue weighted by atomic mass is 16.2. The summed E-state index contributed by atoms with van der Waals surface area (Å²) in [6.07, 6.45) is 2.26. The molecule has 0 radical (unpaired) electrons. The van der Waals surface area contributed by atoms with Gasteiger partial charge in [-0.3, -0.25) is 14.5 Å². The lowest BCUT2D eigenvalue weighted by Crippen LogP contribution is -2.41. The second-order valence-corrected chi connectivity index (χ2v) is 9.13. The van der Waals surface area contributed by atoms with Gasteiger partial charge in [0.25, 0.3) is 0 Å². The molecule has 5 nitrogen and oxygen atoms in total. The first-order valence-corrected chi connectivity index (χ1v) is 11.2. The molecular formula is C26H35N3O2. The van der Waals surface area contributed by atoms with E-state index in [9.17, 15) is 9.59 Å². The third-order valence-corrected chi connectivity index (χ3v) is 5.83. The molecule has 0 saturated heterocycles. The van der Waals surface area contributed by atoms with E-state index >= 15 is 0 Å². The molecule has 0 unspecified atom stereocenters. The zero-order chi connectivity index (χ0) is 22.5. The molecule has 5 heteroatoms. The number of anilines is 1. The molecule has 0 aromatic heterocycles. The number of carbonyl (C=O) groups excluding carboxylic acids is 2. The maximum Gasteiger partial charge on any atom is 0.243 e. The zero-order valence-corrected chi connectivity index (χ0v) is 19.4. The SMILES string of the molecule is Cc1cc(C)c(NC(=O)CNC(=O)CN(Cc2ccc(C(C)C)cc2)C2CC2)c(C)c1. The van der Waals surface area contributed by atoms with E-state index in [0.29, 0.717) is 18.5 Å². The van der Waals surface area contributed by atoms with Gasteiger partial charge in [-0.25, -0.2) is 0 Å². The third-order valence-electron chi connectivity index (χ3n) is 5.83. The average molecular weight is 422 g/mol. The molecule has 0 aliphatic heterocycles. The van der Waals surface area contributed by atoms with E-state index < -0.39 is 0 Å². The van der Waals surface area contributed by atoms with Crippen molar-refractivity contribution < 1.29 is 9.59 Å². The first-order chi connectivity index (χ1) is 14.7. The Kier molecular flexibility index (Phi) is 7.50. The van der Waals surface area contributed by atoms with Crippen molar-refractivity contribution in [1.29, 1.82) is 0 Å². The Morgan fingerprint density at radius 2 is 1.61 bits per heavy atom. The van der Waals surface area contributed by atoms with Crippen LogP contribution < -0.4 is 10.6 Å². The maximum absolute atomic E-state index is 12.5. The van der Waals surface area contributed by atoms with Gasteiger partial charge in [0, 0.05) is 18.3 Å². The Hall–Kier alpha value is -2.66. The fourth-order valence-electron chi connectivity index (χ4n) is 3.98. The van der Waals surface area contributed by atoms with E-state index in [4.69, 9.17) is 0 Å². The van der Waals surface area contributed by atoms with Crippen molar-refractivity contribution in [2.45, 2.75) is 66.0 Å². The summed E-state index contributed by atoms with van der Waals surface area (Å²) in [7, 11) is 0. The molecule has 3 rings (SSSR count). The first kappa shape index (κ1) is 23.0. The lowest BCUT2D eigenvalue weighted by atomic mass is 10.0. The minimum atomic E-state index is -0.203. The predicted molar refractivity (Wildman–Crippen MR) is 126 cm³/mol. The molecule has 2 N–H and O–H groups in total. The van der Waals surface area contributed by atoms with Crippen LogP contribution in [-0.2, 0) is 16.1 Å². The van der Waals surface area contributed by atoms with Crippen LogP contribution in [0.4, 0.5) is 5.69 Å². The van der Waals surface area contributed by atoms with Gasteiger partial charge in [-0.1, -0.05) is 55.8 Å². The van der Waals surface area contributed by atoms with Crippen molar-refractivity contribution in [2.75, 3.05) is 18.4 Å². The topological polar surface area (TPSA) is 61.4 Å². The molecule has 2 aromatic rings. The Morgan fingerprint density at radius 1 is 1.00 bits per heavy atom. The van der Waals surface area contributed by atoms with Crippen LogP contribution in [0.5, 0.6) is 0 Å². The summed E-state index contributed by atoms with van der Waals surface area (Å²) >= 11 is 0. The summed E-state index contributed by atoms with van der Waals surface area (Å²) in [6, 6.07) is 13.2. The largest absolute Gasteiger partial charge is 0.346 e. The van der Waals surface area contributed by atoms with Crippen LogP contribution in [0.15, 0.2) is 36.4 Å². The molecule has 166 valence electrons. The quantitative estimate of drug-likeness (QED) is 0.629. The molecule has 0 spiro atoms. The molecule has 0 heterocycles. The first-order valence-electron chi connectivity index (χ1n) is 11.2. The molecular weight excluding hydrogens is 386 g/mol. The maximum atomic E-state index is 12.5. The van der Waals surface area contributed by atoms with E-state index in [1.165, 1.54) is 16.7 Å². The molecule has 1 aliphatic rings. The number of carbonyl (C=O) groups is 2. The van der Waals surface area contributed by atoms with Crippen LogP contribution in [0.3, 0.4) is 0 Å². The monoisotopic (exact) mass is 421 g/mol. The molecule has 1 fully saturated rings. The van der Waals surface area contributed by atoms with Crippen molar-refractivity contribution in [2.24, 2.45) is 0 Å². The highest BCUT2D eigenvalue weighted by molar-refractivity contribution is 5.96. The lowest BCUT2D eigenvalue weighted by Gasteiger charge is -2.22. The molecule has 31 heavy (non-hydrogen) atoms.